The molecular weight excluding hydrogens is 345 g/mol. The van der Waals surface area contributed by atoms with Crippen molar-refractivity contribution in [1.29, 1.82) is 0 Å². The maximum absolute atomic E-state index is 13.7. The Balaban J connectivity index is 1.46. The summed E-state index contributed by atoms with van der Waals surface area (Å²) in [5.74, 6) is 0.0147. The summed E-state index contributed by atoms with van der Waals surface area (Å²) in [5, 5.41) is 0. The summed E-state index contributed by atoms with van der Waals surface area (Å²) in [7, 11) is 0. The molecule has 0 aliphatic carbocycles. The van der Waals surface area contributed by atoms with Crippen LogP contribution in [0.5, 0.6) is 5.75 Å². The van der Waals surface area contributed by atoms with Gasteiger partial charge in [0, 0.05) is 31.4 Å². The van der Waals surface area contributed by atoms with Crippen LogP contribution >= 0.6 is 0 Å². The van der Waals surface area contributed by atoms with Crippen LogP contribution in [0.25, 0.3) is 11.0 Å². The number of likely N-dealkylation sites (tertiary alicyclic amines) is 1. The number of amides is 1. The number of para-hydroxylation sites is 2. The van der Waals surface area contributed by atoms with Gasteiger partial charge in [-0.15, -0.1) is 0 Å². The fraction of sp³-hybridized carbons (Fsp3) is 0.286. The first kappa shape index (κ1) is 17.4. The Morgan fingerprint density at radius 1 is 1.15 bits per heavy atom. The lowest BCUT2D eigenvalue weighted by molar-refractivity contribution is 0.0633. The molecule has 1 atom stereocenters. The summed E-state index contributed by atoms with van der Waals surface area (Å²) in [6.07, 6.45) is 5.06. The molecule has 27 heavy (non-hydrogen) atoms. The Kier molecular flexibility index (Phi) is 4.96. The van der Waals surface area contributed by atoms with Crippen LogP contribution < -0.4 is 4.74 Å². The van der Waals surface area contributed by atoms with Gasteiger partial charge in [-0.1, -0.05) is 18.2 Å². The van der Waals surface area contributed by atoms with Gasteiger partial charge in [0.05, 0.1) is 17.7 Å². The quantitative estimate of drug-likeness (QED) is 0.707. The summed E-state index contributed by atoms with van der Waals surface area (Å²) < 4.78 is 19.4. The van der Waals surface area contributed by atoms with E-state index in [1.165, 1.54) is 6.07 Å². The minimum absolute atomic E-state index is 0.0447. The van der Waals surface area contributed by atoms with Crippen LogP contribution in [0.1, 0.15) is 23.2 Å². The van der Waals surface area contributed by atoms with E-state index in [9.17, 15) is 9.18 Å². The minimum atomic E-state index is -0.365. The van der Waals surface area contributed by atoms with Gasteiger partial charge in [0.1, 0.15) is 5.52 Å². The molecule has 1 saturated heterocycles. The first-order chi connectivity index (χ1) is 13.2. The summed E-state index contributed by atoms with van der Waals surface area (Å²) in [5.41, 5.74) is 1.89. The topological polar surface area (TPSA) is 55.3 Å². The lowest BCUT2D eigenvalue weighted by Gasteiger charge is -2.32. The van der Waals surface area contributed by atoms with E-state index in [4.69, 9.17) is 4.74 Å². The lowest BCUT2D eigenvalue weighted by atomic mass is 9.98. The Morgan fingerprint density at radius 3 is 2.89 bits per heavy atom. The van der Waals surface area contributed by atoms with E-state index in [1.807, 2.05) is 17.0 Å². The fourth-order valence-corrected chi connectivity index (χ4v) is 3.49. The number of rotatable bonds is 4. The normalized spacial score (nSPS) is 17.1. The third-order valence-electron chi connectivity index (χ3n) is 4.85. The zero-order valence-electron chi connectivity index (χ0n) is 14.8. The molecule has 2 heterocycles. The number of ether oxygens (including phenoxy) is 1. The molecule has 1 fully saturated rings. The highest BCUT2D eigenvalue weighted by atomic mass is 19.1. The SMILES string of the molecule is O=C(c1cccc2nccnc12)N1CCC[C@H](COc2ccccc2F)C1. The number of benzene rings is 2. The average Bonchev–Trinajstić information content (AvgIpc) is 2.72. The van der Waals surface area contributed by atoms with Crippen LogP contribution in [0.15, 0.2) is 54.9 Å². The number of halogens is 1. The average molecular weight is 365 g/mol. The van der Waals surface area contributed by atoms with Crippen molar-refractivity contribution in [3.63, 3.8) is 0 Å². The second-order valence-corrected chi connectivity index (χ2v) is 6.73. The second-order valence-electron chi connectivity index (χ2n) is 6.73. The highest BCUT2D eigenvalue weighted by Gasteiger charge is 2.26. The summed E-state index contributed by atoms with van der Waals surface area (Å²) in [6, 6.07) is 11.8. The molecule has 1 amide bonds. The Bertz CT molecular complexity index is 958. The first-order valence-corrected chi connectivity index (χ1v) is 9.09. The van der Waals surface area contributed by atoms with Crippen LogP contribution in [0, 0.1) is 11.7 Å². The number of nitrogens with zero attached hydrogens (tertiary/aromatic N) is 3. The van der Waals surface area contributed by atoms with Crippen molar-refractivity contribution >= 4 is 16.9 Å². The van der Waals surface area contributed by atoms with Gasteiger partial charge in [0.25, 0.3) is 5.91 Å². The van der Waals surface area contributed by atoms with Gasteiger partial charge in [0.2, 0.25) is 0 Å². The lowest BCUT2D eigenvalue weighted by Crippen LogP contribution is -2.41. The molecule has 1 aromatic heterocycles. The molecule has 1 aliphatic heterocycles. The van der Waals surface area contributed by atoms with E-state index >= 15 is 0 Å². The zero-order valence-corrected chi connectivity index (χ0v) is 14.8. The van der Waals surface area contributed by atoms with Crippen molar-refractivity contribution in [3.05, 3.63) is 66.2 Å². The Hall–Kier alpha value is -3.02. The standard InChI is InChI=1S/C21H20FN3O2/c22-17-7-1-2-9-19(17)27-14-15-5-4-12-25(13-15)21(26)16-6-3-8-18-20(16)24-11-10-23-18/h1-3,6-11,15H,4-5,12-14H2/t15-/m0/s1. The van der Waals surface area contributed by atoms with Crippen molar-refractivity contribution in [1.82, 2.24) is 14.9 Å². The first-order valence-electron chi connectivity index (χ1n) is 9.09. The number of aromatic nitrogens is 2. The molecule has 6 heteroatoms. The van der Waals surface area contributed by atoms with Crippen molar-refractivity contribution in [2.75, 3.05) is 19.7 Å². The number of hydrogen-bond acceptors (Lipinski definition) is 4. The molecule has 1 aliphatic rings. The summed E-state index contributed by atoms with van der Waals surface area (Å²) in [6.45, 7) is 1.68. The van der Waals surface area contributed by atoms with Gasteiger partial charge in [-0.2, -0.15) is 0 Å². The monoisotopic (exact) mass is 365 g/mol. The molecule has 3 aromatic rings. The van der Waals surface area contributed by atoms with E-state index < -0.39 is 0 Å². The predicted octanol–water partition coefficient (Wildman–Crippen LogP) is 3.70. The number of hydrogen-bond donors (Lipinski definition) is 0. The van der Waals surface area contributed by atoms with Crippen LogP contribution in [0.3, 0.4) is 0 Å². The minimum Gasteiger partial charge on any atom is -0.490 e. The van der Waals surface area contributed by atoms with E-state index in [1.54, 1.807) is 36.7 Å². The molecule has 5 nitrogen and oxygen atoms in total. The van der Waals surface area contributed by atoms with Gasteiger partial charge in [0.15, 0.2) is 11.6 Å². The van der Waals surface area contributed by atoms with E-state index in [0.717, 1.165) is 12.8 Å². The maximum Gasteiger partial charge on any atom is 0.256 e. The third kappa shape index (κ3) is 3.74. The number of carbonyl (C=O) groups excluding carboxylic acids is 1. The molecule has 0 spiro atoms. The van der Waals surface area contributed by atoms with Crippen molar-refractivity contribution in [2.45, 2.75) is 12.8 Å². The smallest absolute Gasteiger partial charge is 0.256 e. The molecular formula is C21H20FN3O2. The number of piperidine rings is 1. The zero-order chi connectivity index (χ0) is 18.6. The molecule has 138 valence electrons. The number of carbonyl (C=O) groups is 1. The van der Waals surface area contributed by atoms with Crippen molar-refractivity contribution < 1.29 is 13.9 Å². The molecule has 4 rings (SSSR count). The molecule has 0 saturated carbocycles. The van der Waals surface area contributed by atoms with Crippen LogP contribution in [0.4, 0.5) is 4.39 Å². The fourth-order valence-electron chi connectivity index (χ4n) is 3.49. The Morgan fingerprint density at radius 2 is 2.00 bits per heavy atom. The van der Waals surface area contributed by atoms with Crippen molar-refractivity contribution in [3.8, 4) is 5.75 Å². The summed E-state index contributed by atoms with van der Waals surface area (Å²) >= 11 is 0. The maximum atomic E-state index is 13.7. The second kappa shape index (κ2) is 7.70. The molecule has 0 bridgehead atoms. The van der Waals surface area contributed by atoms with Gasteiger partial charge in [-0.25, -0.2) is 4.39 Å². The van der Waals surface area contributed by atoms with Crippen LogP contribution in [-0.2, 0) is 0 Å². The summed E-state index contributed by atoms with van der Waals surface area (Å²) in [4.78, 5) is 23.5. The molecule has 0 unspecified atom stereocenters. The van der Waals surface area contributed by atoms with Crippen molar-refractivity contribution in [2.24, 2.45) is 5.92 Å². The highest BCUT2D eigenvalue weighted by Crippen LogP contribution is 2.23. The molecule has 2 aromatic carbocycles. The van der Waals surface area contributed by atoms with Gasteiger partial charge < -0.3 is 9.64 Å². The van der Waals surface area contributed by atoms with Crippen LogP contribution in [0.2, 0.25) is 0 Å². The van der Waals surface area contributed by atoms with E-state index in [0.29, 0.717) is 36.3 Å². The number of fused-ring (bicyclic) bond motifs is 1. The third-order valence-corrected chi connectivity index (χ3v) is 4.85. The molecule has 0 radical (unpaired) electrons. The highest BCUT2D eigenvalue weighted by molar-refractivity contribution is 6.04. The van der Waals surface area contributed by atoms with Crippen LogP contribution in [-0.4, -0.2) is 40.5 Å². The van der Waals surface area contributed by atoms with Gasteiger partial charge >= 0.3 is 0 Å². The van der Waals surface area contributed by atoms with Gasteiger partial charge in [-0.05, 0) is 37.1 Å². The van der Waals surface area contributed by atoms with E-state index in [-0.39, 0.29) is 23.4 Å². The van der Waals surface area contributed by atoms with Gasteiger partial charge in [-0.3, -0.25) is 14.8 Å². The Labute approximate surface area is 156 Å². The largest absolute Gasteiger partial charge is 0.490 e. The molecule has 0 N–H and O–H groups in total. The predicted molar refractivity (Wildman–Crippen MR) is 100 cm³/mol. The van der Waals surface area contributed by atoms with E-state index in [2.05, 4.69) is 9.97 Å².